The number of rotatable bonds is 5. The minimum atomic E-state index is -1.69. The van der Waals surface area contributed by atoms with Crippen molar-refractivity contribution < 1.29 is 4.43 Å². The van der Waals surface area contributed by atoms with Crippen LogP contribution in [-0.4, -0.2) is 8.32 Å². The van der Waals surface area contributed by atoms with Gasteiger partial charge in [0.25, 0.3) is 0 Å². The summed E-state index contributed by atoms with van der Waals surface area (Å²) in [7, 11) is -1.69. The largest absolute Gasteiger partial charge is 0.413 e. The Hall–Kier alpha value is -0.383. The molecular weight excluding hydrogens is 316 g/mol. The summed E-state index contributed by atoms with van der Waals surface area (Å²) in [6.45, 7) is 15.8. The summed E-state index contributed by atoms with van der Waals surface area (Å²) in [5, 5.41) is 0.248. The van der Waals surface area contributed by atoms with Crippen LogP contribution in [0.1, 0.15) is 31.9 Å². The van der Waals surface area contributed by atoms with Gasteiger partial charge < -0.3 is 4.43 Å². The first-order chi connectivity index (χ1) is 8.67. The zero-order chi connectivity index (χ0) is 14.7. The van der Waals surface area contributed by atoms with Gasteiger partial charge >= 0.3 is 0 Å². The van der Waals surface area contributed by atoms with E-state index in [2.05, 4.69) is 74.6 Å². The Morgan fingerprint density at radius 1 is 1.32 bits per heavy atom. The smallest absolute Gasteiger partial charge is 0.192 e. The number of benzene rings is 1. The normalized spacial score (nSPS) is 12.5. The second-order valence-electron chi connectivity index (χ2n) is 6.47. The van der Waals surface area contributed by atoms with Crippen molar-refractivity contribution in [1.29, 1.82) is 0 Å². The van der Waals surface area contributed by atoms with Gasteiger partial charge in [-0.25, -0.2) is 0 Å². The SMILES string of the molecule is C=CCc1ccc(Br)c(CO[Si](C)(C)C(C)(C)C)c1. The van der Waals surface area contributed by atoms with Crippen LogP contribution in [-0.2, 0) is 17.5 Å². The molecule has 0 heterocycles. The molecule has 0 radical (unpaired) electrons. The lowest BCUT2D eigenvalue weighted by Gasteiger charge is -2.36. The fourth-order valence-electron chi connectivity index (χ4n) is 1.51. The molecule has 0 spiro atoms. The maximum Gasteiger partial charge on any atom is 0.192 e. The van der Waals surface area contributed by atoms with E-state index in [-0.39, 0.29) is 5.04 Å². The van der Waals surface area contributed by atoms with Gasteiger partial charge in [0.15, 0.2) is 8.32 Å². The Bertz CT molecular complexity index is 447. The first kappa shape index (κ1) is 16.7. The predicted octanol–water partition coefficient (Wildman–Crippen LogP) is 5.70. The molecular formula is C16H25BrOSi. The van der Waals surface area contributed by atoms with Crippen LogP contribution >= 0.6 is 15.9 Å². The summed E-state index contributed by atoms with van der Waals surface area (Å²) in [4.78, 5) is 0. The lowest BCUT2D eigenvalue weighted by molar-refractivity contribution is 0.275. The Kier molecular flexibility index (Phi) is 5.60. The number of hydrogen-bond acceptors (Lipinski definition) is 1. The number of allylic oxidation sites excluding steroid dienone is 1. The molecule has 1 rings (SSSR count). The molecule has 3 heteroatoms. The highest BCUT2D eigenvalue weighted by atomic mass is 79.9. The lowest BCUT2D eigenvalue weighted by Crippen LogP contribution is -2.40. The van der Waals surface area contributed by atoms with E-state index in [0.717, 1.165) is 10.9 Å². The van der Waals surface area contributed by atoms with E-state index >= 15 is 0 Å². The van der Waals surface area contributed by atoms with Crippen LogP contribution in [0.25, 0.3) is 0 Å². The third kappa shape index (κ3) is 4.58. The molecule has 0 amide bonds. The van der Waals surface area contributed by atoms with Gasteiger partial charge in [0.1, 0.15) is 0 Å². The Morgan fingerprint density at radius 2 is 1.95 bits per heavy atom. The molecule has 0 aromatic heterocycles. The number of halogens is 1. The quantitative estimate of drug-likeness (QED) is 0.493. The van der Waals surface area contributed by atoms with Gasteiger partial charge in [-0.15, -0.1) is 6.58 Å². The van der Waals surface area contributed by atoms with Crippen LogP contribution in [0.3, 0.4) is 0 Å². The fourth-order valence-corrected chi connectivity index (χ4v) is 2.82. The molecule has 0 aliphatic rings. The highest BCUT2D eigenvalue weighted by Gasteiger charge is 2.37. The monoisotopic (exact) mass is 340 g/mol. The van der Waals surface area contributed by atoms with Crippen LogP contribution in [0.5, 0.6) is 0 Å². The van der Waals surface area contributed by atoms with E-state index in [4.69, 9.17) is 4.43 Å². The lowest BCUT2D eigenvalue weighted by atomic mass is 10.1. The third-order valence-corrected chi connectivity index (χ3v) is 9.14. The van der Waals surface area contributed by atoms with Gasteiger partial charge in [0, 0.05) is 4.47 Å². The molecule has 1 nitrogen and oxygen atoms in total. The summed E-state index contributed by atoms with van der Waals surface area (Å²) in [5.74, 6) is 0. The Labute approximate surface area is 127 Å². The molecule has 19 heavy (non-hydrogen) atoms. The average Bonchev–Trinajstić information content (AvgIpc) is 2.29. The summed E-state index contributed by atoms with van der Waals surface area (Å²) >= 11 is 3.61. The van der Waals surface area contributed by atoms with Crippen molar-refractivity contribution in [2.75, 3.05) is 0 Å². The molecule has 0 N–H and O–H groups in total. The van der Waals surface area contributed by atoms with Crippen molar-refractivity contribution in [3.8, 4) is 0 Å². The van der Waals surface area contributed by atoms with E-state index in [1.165, 1.54) is 11.1 Å². The minimum Gasteiger partial charge on any atom is -0.413 e. The molecule has 1 aromatic carbocycles. The zero-order valence-electron chi connectivity index (χ0n) is 12.7. The summed E-state index contributed by atoms with van der Waals surface area (Å²) < 4.78 is 7.40. The summed E-state index contributed by atoms with van der Waals surface area (Å²) in [5.41, 5.74) is 2.51. The van der Waals surface area contributed by atoms with E-state index in [0.29, 0.717) is 6.61 Å². The molecule has 0 saturated heterocycles. The standard InChI is InChI=1S/C16H25BrOSi/c1-7-8-13-9-10-15(17)14(11-13)12-18-19(5,6)16(2,3)4/h7,9-11H,1,8,12H2,2-6H3. The summed E-state index contributed by atoms with van der Waals surface area (Å²) in [6, 6.07) is 6.43. The second kappa shape index (κ2) is 6.38. The van der Waals surface area contributed by atoms with E-state index in [1.54, 1.807) is 0 Å². The van der Waals surface area contributed by atoms with Gasteiger partial charge in [-0.2, -0.15) is 0 Å². The molecule has 0 fully saturated rings. The Balaban J connectivity index is 2.82. The van der Waals surface area contributed by atoms with Gasteiger partial charge in [0.2, 0.25) is 0 Å². The topological polar surface area (TPSA) is 9.23 Å². The van der Waals surface area contributed by atoms with Gasteiger partial charge in [-0.1, -0.05) is 54.9 Å². The first-order valence-electron chi connectivity index (χ1n) is 6.69. The fraction of sp³-hybridized carbons (Fsp3) is 0.500. The van der Waals surface area contributed by atoms with Crippen molar-refractivity contribution in [2.24, 2.45) is 0 Å². The number of hydrogen-bond donors (Lipinski definition) is 0. The van der Waals surface area contributed by atoms with Crippen LogP contribution < -0.4 is 0 Å². The van der Waals surface area contributed by atoms with Crippen molar-refractivity contribution in [2.45, 2.75) is 51.9 Å². The maximum atomic E-state index is 6.28. The van der Waals surface area contributed by atoms with E-state index in [1.807, 2.05) is 6.08 Å². The molecule has 0 bridgehead atoms. The molecule has 1 aromatic rings. The van der Waals surface area contributed by atoms with Gasteiger partial charge in [-0.3, -0.25) is 0 Å². The Morgan fingerprint density at radius 3 is 2.47 bits per heavy atom. The minimum absolute atomic E-state index is 0.248. The van der Waals surface area contributed by atoms with Gasteiger partial charge in [0.05, 0.1) is 6.61 Å². The van der Waals surface area contributed by atoms with Crippen molar-refractivity contribution >= 4 is 24.2 Å². The molecule has 0 aliphatic carbocycles. The third-order valence-electron chi connectivity index (χ3n) is 3.88. The van der Waals surface area contributed by atoms with E-state index in [9.17, 15) is 0 Å². The summed E-state index contributed by atoms with van der Waals surface area (Å²) in [6.07, 6.45) is 2.84. The maximum absolute atomic E-state index is 6.28. The van der Waals surface area contributed by atoms with Crippen LogP contribution in [0.15, 0.2) is 35.3 Å². The molecule has 0 aliphatic heterocycles. The molecule has 0 saturated carbocycles. The van der Waals surface area contributed by atoms with E-state index < -0.39 is 8.32 Å². The molecule has 0 atom stereocenters. The van der Waals surface area contributed by atoms with Crippen molar-refractivity contribution in [1.82, 2.24) is 0 Å². The second-order valence-corrected chi connectivity index (χ2v) is 12.1. The highest BCUT2D eigenvalue weighted by molar-refractivity contribution is 9.10. The zero-order valence-corrected chi connectivity index (χ0v) is 15.3. The van der Waals surface area contributed by atoms with Crippen LogP contribution in [0.2, 0.25) is 18.1 Å². The molecule has 0 unspecified atom stereocenters. The van der Waals surface area contributed by atoms with Crippen LogP contribution in [0.4, 0.5) is 0 Å². The first-order valence-corrected chi connectivity index (χ1v) is 10.4. The van der Waals surface area contributed by atoms with Crippen LogP contribution in [0, 0.1) is 0 Å². The van der Waals surface area contributed by atoms with Crippen molar-refractivity contribution in [3.05, 3.63) is 46.5 Å². The van der Waals surface area contributed by atoms with Gasteiger partial charge in [-0.05, 0) is 41.7 Å². The van der Waals surface area contributed by atoms with Crippen molar-refractivity contribution in [3.63, 3.8) is 0 Å². The highest BCUT2D eigenvalue weighted by Crippen LogP contribution is 2.37. The predicted molar refractivity (Wildman–Crippen MR) is 90.0 cm³/mol. The average molecular weight is 341 g/mol. The molecule has 106 valence electrons.